The molecule has 2 aromatic carbocycles. The van der Waals surface area contributed by atoms with Gasteiger partial charge in [0.1, 0.15) is 5.75 Å². The Bertz CT molecular complexity index is 905. The van der Waals surface area contributed by atoms with Crippen LogP contribution in [0.25, 0.3) is 11.0 Å². The molecule has 0 bridgehead atoms. The number of nitrogens with zero attached hydrogens (tertiary/aromatic N) is 2. The molecule has 1 aromatic heterocycles. The number of hydrogen-bond donors (Lipinski definition) is 1. The molecule has 1 N–H and O–H groups in total. The first-order valence-corrected chi connectivity index (χ1v) is 8.99. The number of ether oxygens (including phenoxy) is 1. The van der Waals surface area contributed by atoms with Gasteiger partial charge in [0.15, 0.2) is 0 Å². The van der Waals surface area contributed by atoms with E-state index in [-0.39, 0.29) is 5.91 Å². The Labute approximate surface area is 155 Å². The molecule has 0 saturated heterocycles. The fourth-order valence-corrected chi connectivity index (χ4v) is 3.39. The van der Waals surface area contributed by atoms with Crippen molar-refractivity contribution >= 4 is 38.8 Å². The Hall–Kier alpha value is -2.34. The van der Waals surface area contributed by atoms with Crippen molar-refractivity contribution in [2.24, 2.45) is 0 Å². The van der Waals surface area contributed by atoms with Crippen molar-refractivity contribution in [2.45, 2.75) is 26.3 Å². The summed E-state index contributed by atoms with van der Waals surface area (Å²) in [6.45, 7) is 2.79. The highest BCUT2D eigenvalue weighted by atomic mass is 79.9. The van der Waals surface area contributed by atoms with E-state index in [4.69, 9.17) is 4.74 Å². The number of rotatable bonds is 6. The topological polar surface area (TPSA) is 56.2 Å². The van der Waals surface area contributed by atoms with Crippen molar-refractivity contribution in [1.29, 1.82) is 0 Å². The molecule has 0 radical (unpaired) electrons. The zero-order chi connectivity index (χ0) is 17.8. The lowest BCUT2D eigenvalue weighted by molar-refractivity contribution is -0.116. The van der Waals surface area contributed by atoms with Crippen LogP contribution in [0.1, 0.15) is 18.9 Å². The zero-order valence-electron chi connectivity index (χ0n) is 14.3. The number of amides is 1. The number of aromatic nitrogens is 2. The van der Waals surface area contributed by atoms with Gasteiger partial charge in [-0.15, -0.1) is 0 Å². The third-order valence-corrected chi connectivity index (χ3v) is 4.70. The summed E-state index contributed by atoms with van der Waals surface area (Å²) in [7, 11) is 1.63. The van der Waals surface area contributed by atoms with Crippen LogP contribution in [-0.2, 0) is 17.8 Å². The van der Waals surface area contributed by atoms with Crippen LogP contribution in [-0.4, -0.2) is 22.6 Å². The minimum absolute atomic E-state index is 0.0445. The lowest BCUT2D eigenvalue weighted by Crippen LogP contribution is -2.16. The van der Waals surface area contributed by atoms with Gasteiger partial charge in [-0.3, -0.25) is 10.1 Å². The van der Waals surface area contributed by atoms with Gasteiger partial charge in [-0.25, -0.2) is 4.98 Å². The maximum atomic E-state index is 12.3. The number of methoxy groups -OCH3 is 1. The van der Waals surface area contributed by atoms with Crippen LogP contribution < -0.4 is 10.1 Å². The number of aryl methyl sites for hydroxylation is 2. The van der Waals surface area contributed by atoms with E-state index in [2.05, 4.69) is 26.2 Å². The van der Waals surface area contributed by atoms with E-state index < -0.39 is 0 Å². The molecule has 0 aliphatic carbocycles. The number of para-hydroxylation sites is 2. The van der Waals surface area contributed by atoms with E-state index >= 15 is 0 Å². The molecule has 1 heterocycles. The molecule has 0 saturated carbocycles. The largest absolute Gasteiger partial charge is 0.496 e. The molecule has 3 rings (SSSR count). The standard InChI is InChI=1S/C19H20BrN3O2/c1-3-23-16-7-5-4-6-15(16)21-19(23)22-18(24)11-9-13-8-10-17(25-2)14(20)12-13/h4-8,10,12H,3,9,11H2,1-2H3,(H,21,22,24). The second-order valence-electron chi connectivity index (χ2n) is 5.69. The Balaban J connectivity index is 1.68. The molecule has 0 fully saturated rings. The number of nitrogens with one attached hydrogen (secondary N) is 1. The Kier molecular flexibility index (Phi) is 5.38. The van der Waals surface area contributed by atoms with Crippen LogP contribution in [0, 0.1) is 0 Å². The molecule has 0 atom stereocenters. The van der Waals surface area contributed by atoms with Gasteiger partial charge < -0.3 is 9.30 Å². The van der Waals surface area contributed by atoms with E-state index in [1.165, 1.54) is 0 Å². The van der Waals surface area contributed by atoms with Crippen LogP contribution in [0.4, 0.5) is 5.95 Å². The summed E-state index contributed by atoms with van der Waals surface area (Å²) in [5, 5.41) is 2.93. The quantitative estimate of drug-likeness (QED) is 0.665. The maximum Gasteiger partial charge on any atom is 0.227 e. The van der Waals surface area contributed by atoms with E-state index in [1.807, 2.05) is 54.0 Å². The number of hydrogen-bond acceptors (Lipinski definition) is 3. The van der Waals surface area contributed by atoms with Gasteiger partial charge in [0, 0.05) is 13.0 Å². The van der Waals surface area contributed by atoms with Gasteiger partial charge in [-0.1, -0.05) is 18.2 Å². The van der Waals surface area contributed by atoms with Crippen molar-refractivity contribution in [3.05, 3.63) is 52.5 Å². The lowest BCUT2D eigenvalue weighted by Gasteiger charge is -2.08. The molecule has 1 amide bonds. The molecule has 0 unspecified atom stereocenters. The van der Waals surface area contributed by atoms with Gasteiger partial charge in [-0.2, -0.15) is 0 Å². The predicted molar refractivity (Wildman–Crippen MR) is 103 cm³/mol. The average Bonchev–Trinajstić information content (AvgIpc) is 2.97. The smallest absolute Gasteiger partial charge is 0.227 e. The van der Waals surface area contributed by atoms with Gasteiger partial charge in [-0.05, 0) is 59.1 Å². The number of carbonyl (C=O) groups excluding carboxylic acids is 1. The average molecular weight is 402 g/mol. The van der Waals surface area contributed by atoms with Crippen molar-refractivity contribution in [1.82, 2.24) is 9.55 Å². The highest BCUT2D eigenvalue weighted by Gasteiger charge is 2.12. The van der Waals surface area contributed by atoms with E-state index in [0.29, 0.717) is 18.8 Å². The van der Waals surface area contributed by atoms with Crippen molar-refractivity contribution in [3.8, 4) is 5.75 Å². The fourth-order valence-electron chi connectivity index (χ4n) is 2.80. The molecule has 0 aliphatic heterocycles. The number of benzene rings is 2. The molecule has 0 aliphatic rings. The Morgan fingerprint density at radius 1 is 1.28 bits per heavy atom. The molecular weight excluding hydrogens is 382 g/mol. The number of fused-ring (bicyclic) bond motifs is 1. The monoisotopic (exact) mass is 401 g/mol. The summed E-state index contributed by atoms with van der Waals surface area (Å²) in [6.07, 6.45) is 1.05. The number of anilines is 1. The normalized spacial score (nSPS) is 10.8. The summed E-state index contributed by atoms with van der Waals surface area (Å²) in [5.41, 5.74) is 2.99. The SMILES string of the molecule is CCn1c(NC(=O)CCc2ccc(OC)c(Br)c2)nc2ccccc21. The molecule has 0 spiro atoms. The fraction of sp³-hybridized carbons (Fsp3) is 0.263. The summed E-state index contributed by atoms with van der Waals surface area (Å²) < 4.78 is 8.12. The van der Waals surface area contributed by atoms with Crippen LogP contribution in [0.3, 0.4) is 0 Å². The maximum absolute atomic E-state index is 12.3. The lowest BCUT2D eigenvalue weighted by atomic mass is 10.1. The molecule has 6 heteroatoms. The van der Waals surface area contributed by atoms with Crippen molar-refractivity contribution in [2.75, 3.05) is 12.4 Å². The van der Waals surface area contributed by atoms with Gasteiger partial charge in [0.25, 0.3) is 0 Å². The predicted octanol–water partition coefficient (Wildman–Crippen LogP) is 4.40. The molecule has 25 heavy (non-hydrogen) atoms. The third kappa shape index (κ3) is 3.85. The molecule has 3 aromatic rings. The first-order valence-electron chi connectivity index (χ1n) is 8.20. The van der Waals surface area contributed by atoms with Crippen LogP contribution >= 0.6 is 15.9 Å². The van der Waals surface area contributed by atoms with E-state index in [9.17, 15) is 4.79 Å². The highest BCUT2D eigenvalue weighted by molar-refractivity contribution is 9.10. The molecule has 5 nitrogen and oxygen atoms in total. The van der Waals surface area contributed by atoms with Gasteiger partial charge in [0.05, 0.1) is 22.6 Å². The third-order valence-electron chi connectivity index (χ3n) is 4.08. The number of carbonyl (C=O) groups is 1. The first-order chi connectivity index (χ1) is 12.1. The summed E-state index contributed by atoms with van der Waals surface area (Å²) in [6, 6.07) is 13.7. The Morgan fingerprint density at radius 2 is 2.08 bits per heavy atom. The first kappa shape index (κ1) is 17.5. The second-order valence-corrected chi connectivity index (χ2v) is 6.54. The molecule has 130 valence electrons. The van der Waals surface area contributed by atoms with E-state index in [0.717, 1.165) is 33.4 Å². The Morgan fingerprint density at radius 3 is 2.80 bits per heavy atom. The number of imidazole rings is 1. The summed E-state index contributed by atoms with van der Waals surface area (Å²) >= 11 is 3.47. The van der Waals surface area contributed by atoms with Crippen molar-refractivity contribution < 1.29 is 9.53 Å². The highest BCUT2D eigenvalue weighted by Crippen LogP contribution is 2.26. The van der Waals surface area contributed by atoms with E-state index in [1.54, 1.807) is 7.11 Å². The second kappa shape index (κ2) is 7.70. The minimum Gasteiger partial charge on any atom is -0.496 e. The molecular formula is C19H20BrN3O2. The summed E-state index contributed by atoms with van der Waals surface area (Å²) in [4.78, 5) is 16.9. The van der Waals surface area contributed by atoms with Gasteiger partial charge >= 0.3 is 0 Å². The summed E-state index contributed by atoms with van der Waals surface area (Å²) in [5.74, 6) is 1.34. The number of halogens is 1. The van der Waals surface area contributed by atoms with Gasteiger partial charge in [0.2, 0.25) is 11.9 Å². The van der Waals surface area contributed by atoms with Crippen LogP contribution in [0.5, 0.6) is 5.75 Å². The minimum atomic E-state index is -0.0445. The van der Waals surface area contributed by atoms with Crippen LogP contribution in [0.2, 0.25) is 0 Å². The van der Waals surface area contributed by atoms with Crippen molar-refractivity contribution in [3.63, 3.8) is 0 Å². The zero-order valence-corrected chi connectivity index (χ0v) is 15.8. The van der Waals surface area contributed by atoms with Crippen LogP contribution in [0.15, 0.2) is 46.9 Å².